The Bertz CT molecular complexity index is 495. The number of hydrogen-bond acceptors (Lipinski definition) is 5. The van der Waals surface area contributed by atoms with Crippen molar-refractivity contribution in [2.24, 2.45) is 0 Å². The highest BCUT2D eigenvalue weighted by Crippen LogP contribution is 2.04. The van der Waals surface area contributed by atoms with Crippen LogP contribution in [0.15, 0.2) is 24.3 Å². The number of carbonyl (C=O) groups excluding carboxylic acids is 1. The molecule has 0 saturated heterocycles. The summed E-state index contributed by atoms with van der Waals surface area (Å²) < 4.78 is 29.5. The van der Waals surface area contributed by atoms with Crippen molar-refractivity contribution in [2.45, 2.75) is 13.2 Å². The van der Waals surface area contributed by atoms with E-state index in [0.717, 1.165) is 18.2 Å². The van der Waals surface area contributed by atoms with Gasteiger partial charge in [-0.2, -0.15) is 0 Å². The molecule has 7 heteroatoms. The molecule has 0 atom stereocenters. The van der Waals surface area contributed by atoms with Crippen LogP contribution in [-0.2, 0) is 32.7 Å². The maximum Gasteiger partial charge on any atom is 0.322 e. The number of hydrogen-bond donors (Lipinski definition) is 2. The van der Waals surface area contributed by atoms with Gasteiger partial charge >= 0.3 is 5.97 Å². The van der Waals surface area contributed by atoms with Crippen LogP contribution in [0.1, 0.15) is 11.1 Å². The zero-order valence-electron chi connectivity index (χ0n) is 9.92. The molecule has 0 unspecified atom stereocenters. The van der Waals surface area contributed by atoms with Crippen LogP contribution in [0.4, 0.5) is 0 Å². The number of benzene rings is 1. The molecule has 0 amide bonds. The second-order valence-electron chi connectivity index (χ2n) is 3.63. The summed E-state index contributed by atoms with van der Waals surface area (Å²) in [6, 6.07) is 6.80. The summed E-state index contributed by atoms with van der Waals surface area (Å²) in [5, 5.41) is 8.85. The molecule has 0 saturated carbocycles. The summed E-state index contributed by atoms with van der Waals surface area (Å²) in [6.45, 7) is 0.0272. The van der Waals surface area contributed by atoms with Crippen LogP contribution >= 0.6 is 0 Å². The van der Waals surface area contributed by atoms with Gasteiger partial charge < -0.3 is 9.84 Å². The van der Waals surface area contributed by atoms with Crippen molar-refractivity contribution in [2.75, 3.05) is 12.9 Å². The van der Waals surface area contributed by atoms with Gasteiger partial charge in [0.15, 0.2) is 5.75 Å². The highest BCUT2D eigenvalue weighted by molar-refractivity contribution is 7.90. The number of nitrogens with one attached hydrogen (secondary N) is 1. The predicted octanol–water partition coefficient (Wildman–Crippen LogP) is -0.229. The van der Waals surface area contributed by atoms with Crippen LogP contribution in [0.5, 0.6) is 0 Å². The predicted molar refractivity (Wildman–Crippen MR) is 65.0 cm³/mol. The first kappa shape index (κ1) is 14.6. The van der Waals surface area contributed by atoms with E-state index in [9.17, 15) is 13.2 Å². The van der Waals surface area contributed by atoms with Crippen LogP contribution in [0.3, 0.4) is 0 Å². The SMILES string of the molecule is COC(=O)CS(=O)(=O)NCc1ccc(CO)cc1. The summed E-state index contributed by atoms with van der Waals surface area (Å²) in [5.74, 6) is -1.50. The van der Waals surface area contributed by atoms with Crippen LogP contribution in [-0.4, -0.2) is 32.4 Å². The minimum absolute atomic E-state index is 0.0612. The molecule has 0 aliphatic rings. The molecule has 0 bridgehead atoms. The maximum absolute atomic E-state index is 11.4. The second-order valence-corrected chi connectivity index (χ2v) is 5.44. The summed E-state index contributed by atoms with van der Waals surface area (Å²) >= 11 is 0. The lowest BCUT2D eigenvalue weighted by atomic mass is 10.1. The molecule has 0 radical (unpaired) electrons. The Labute approximate surface area is 106 Å². The van der Waals surface area contributed by atoms with E-state index in [0.29, 0.717) is 0 Å². The summed E-state index contributed by atoms with van der Waals surface area (Å²) in [7, 11) is -2.55. The number of rotatable bonds is 6. The highest BCUT2D eigenvalue weighted by atomic mass is 32.2. The van der Waals surface area contributed by atoms with Gasteiger partial charge in [-0.25, -0.2) is 13.1 Å². The number of ether oxygens (including phenoxy) is 1. The van der Waals surface area contributed by atoms with E-state index < -0.39 is 21.7 Å². The van der Waals surface area contributed by atoms with Gasteiger partial charge in [0.2, 0.25) is 10.0 Å². The summed E-state index contributed by atoms with van der Waals surface area (Å²) in [5.41, 5.74) is 1.48. The number of esters is 1. The van der Waals surface area contributed by atoms with E-state index in [1.54, 1.807) is 24.3 Å². The topological polar surface area (TPSA) is 92.7 Å². The average Bonchev–Trinajstić information content (AvgIpc) is 2.36. The minimum Gasteiger partial charge on any atom is -0.468 e. The van der Waals surface area contributed by atoms with Crippen molar-refractivity contribution in [3.63, 3.8) is 0 Å². The van der Waals surface area contributed by atoms with Crippen LogP contribution in [0, 0.1) is 0 Å². The third-order valence-corrected chi connectivity index (χ3v) is 3.44. The van der Waals surface area contributed by atoms with Crippen molar-refractivity contribution in [1.82, 2.24) is 4.72 Å². The highest BCUT2D eigenvalue weighted by Gasteiger charge is 2.16. The van der Waals surface area contributed by atoms with Crippen molar-refractivity contribution < 1.29 is 23.1 Å². The Morgan fingerprint density at radius 1 is 1.28 bits per heavy atom. The molecule has 6 nitrogen and oxygen atoms in total. The first-order valence-electron chi connectivity index (χ1n) is 5.19. The quantitative estimate of drug-likeness (QED) is 0.698. The molecule has 100 valence electrons. The molecular formula is C11H15NO5S. The monoisotopic (exact) mass is 273 g/mol. The van der Waals surface area contributed by atoms with Crippen molar-refractivity contribution in [1.29, 1.82) is 0 Å². The molecule has 18 heavy (non-hydrogen) atoms. The van der Waals surface area contributed by atoms with E-state index in [-0.39, 0.29) is 13.2 Å². The molecule has 1 rings (SSSR count). The molecular weight excluding hydrogens is 258 g/mol. The normalized spacial score (nSPS) is 11.2. The van der Waals surface area contributed by atoms with Crippen molar-refractivity contribution >= 4 is 16.0 Å². The molecule has 0 aromatic heterocycles. The number of methoxy groups -OCH3 is 1. The average molecular weight is 273 g/mol. The molecule has 0 aliphatic carbocycles. The molecule has 0 spiro atoms. The first-order valence-corrected chi connectivity index (χ1v) is 6.85. The van der Waals surface area contributed by atoms with Gasteiger partial charge in [-0.3, -0.25) is 4.79 Å². The molecule has 2 N–H and O–H groups in total. The molecule has 1 aromatic carbocycles. The number of aliphatic hydroxyl groups is 1. The van der Waals surface area contributed by atoms with Crippen LogP contribution in [0.2, 0.25) is 0 Å². The Morgan fingerprint density at radius 2 is 1.83 bits per heavy atom. The van der Waals surface area contributed by atoms with E-state index in [2.05, 4.69) is 9.46 Å². The number of aliphatic hydroxyl groups excluding tert-OH is 1. The lowest BCUT2D eigenvalue weighted by Gasteiger charge is -2.06. The largest absolute Gasteiger partial charge is 0.468 e. The zero-order valence-corrected chi connectivity index (χ0v) is 10.7. The number of sulfonamides is 1. The third kappa shape index (κ3) is 4.82. The van der Waals surface area contributed by atoms with Crippen molar-refractivity contribution in [3.8, 4) is 0 Å². The van der Waals surface area contributed by atoms with Gasteiger partial charge in [0, 0.05) is 6.54 Å². The molecule has 0 aliphatic heterocycles. The Morgan fingerprint density at radius 3 is 2.33 bits per heavy atom. The van der Waals surface area contributed by atoms with E-state index in [1.165, 1.54) is 0 Å². The van der Waals surface area contributed by atoms with Gasteiger partial charge in [0.25, 0.3) is 0 Å². The fraction of sp³-hybridized carbons (Fsp3) is 0.364. The van der Waals surface area contributed by atoms with Gasteiger partial charge in [-0.1, -0.05) is 24.3 Å². The van der Waals surface area contributed by atoms with Crippen LogP contribution in [0.25, 0.3) is 0 Å². The zero-order chi connectivity index (χ0) is 13.6. The molecule has 0 heterocycles. The minimum atomic E-state index is -3.68. The van der Waals surface area contributed by atoms with Gasteiger partial charge in [0.1, 0.15) is 0 Å². The van der Waals surface area contributed by atoms with E-state index >= 15 is 0 Å². The lowest BCUT2D eigenvalue weighted by molar-refractivity contribution is -0.137. The smallest absolute Gasteiger partial charge is 0.322 e. The lowest BCUT2D eigenvalue weighted by Crippen LogP contribution is -2.30. The van der Waals surface area contributed by atoms with Crippen molar-refractivity contribution in [3.05, 3.63) is 35.4 Å². The molecule has 1 aromatic rings. The van der Waals surface area contributed by atoms with Gasteiger partial charge in [-0.05, 0) is 11.1 Å². The van der Waals surface area contributed by atoms with E-state index in [1.807, 2.05) is 0 Å². The maximum atomic E-state index is 11.4. The Balaban J connectivity index is 2.56. The fourth-order valence-corrected chi connectivity index (χ4v) is 2.14. The van der Waals surface area contributed by atoms with Gasteiger partial charge in [0.05, 0.1) is 13.7 Å². The Kier molecular flexibility index (Phi) is 5.26. The Hall–Kier alpha value is -1.44. The first-order chi connectivity index (χ1) is 8.46. The van der Waals surface area contributed by atoms with Gasteiger partial charge in [-0.15, -0.1) is 0 Å². The second kappa shape index (κ2) is 6.48. The summed E-state index contributed by atoms with van der Waals surface area (Å²) in [4.78, 5) is 10.9. The summed E-state index contributed by atoms with van der Waals surface area (Å²) in [6.07, 6.45) is 0. The van der Waals surface area contributed by atoms with Crippen LogP contribution < -0.4 is 4.72 Å². The number of carbonyl (C=O) groups is 1. The fourth-order valence-electron chi connectivity index (χ4n) is 1.22. The molecule has 0 fully saturated rings. The third-order valence-electron chi connectivity index (χ3n) is 2.24. The van der Waals surface area contributed by atoms with E-state index in [4.69, 9.17) is 5.11 Å². The standard InChI is InChI=1S/C11H15NO5S/c1-17-11(14)8-18(15,16)12-6-9-2-4-10(7-13)5-3-9/h2-5,12-13H,6-8H2,1H3.